The van der Waals surface area contributed by atoms with Crippen molar-refractivity contribution in [3.05, 3.63) is 35.4 Å². The fourth-order valence-electron chi connectivity index (χ4n) is 3.28. The predicted molar refractivity (Wildman–Crippen MR) is 78.0 cm³/mol. The van der Waals surface area contributed by atoms with E-state index < -0.39 is 0 Å². The van der Waals surface area contributed by atoms with Crippen LogP contribution in [0.3, 0.4) is 0 Å². The van der Waals surface area contributed by atoms with Gasteiger partial charge < -0.3 is 4.74 Å². The van der Waals surface area contributed by atoms with Crippen LogP contribution < -0.4 is 0 Å². The van der Waals surface area contributed by atoms with Crippen LogP contribution in [-0.2, 0) is 18.2 Å². The van der Waals surface area contributed by atoms with Crippen LogP contribution in [0, 0.1) is 11.3 Å². The molecule has 7 heteroatoms. The maximum absolute atomic E-state index is 8.85. The number of aromatic nitrogens is 4. The van der Waals surface area contributed by atoms with E-state index in [9.17, 15) is 0 Å². The number of nitrogens with zero attached hydrogens (tertiary/aromatic N) is 6. The highest BCUT2D eigenvalue weighted by molar-refractivity contribution is 5.24. The van der Waals surface area contributed by atoms with E-state index >= 15 is 0 Å². The third-order valence-electron chi connectivity index (χ3n) is 4.57. The highest BCUT2D eigenvalue weighted by Gasteiger charge is 2.33. The van der Waals surface area contributed by atoms with Gasteiger partial charge in [0, 0.05) is 50.6 Å². The lowest BCUT2D eigenvalue weighted by molar-refractivity contribution is -0.0139. The molecule has 0 N–H and O–H groups in total. The lowest BCUT2D eigenvalue weighted by atomic mass is 10.0. The molecule has 2 aliphatic rings. The van der Waals surface area contributed by atoms with Gasteiger partial charge in [-0.1, -0.05) is 0 Å². The van der Waals surface area contributed by atoms with Gasteiger partial charge in [0.05, 0.1) is 36.7 Å². The fourth-order valence-corrected chi connectivity index (χ4v) is 3.28. The number of fused-ring (bicyclic) bond motifs is 1. The molecule has 7 nitrogen and oxygen atoms in total. The zero-order chi connectivity index (χ0) is 15.1. The summed E-state index contributed by atoms with van der Waals surface area (Å²) in [6.45, 7) is 3.55. The predicted octanol–water partition coefficient (Wildman–Crippen LogP) is 0.659. The van der Waals surface area contributed by atoms with E-state index in [0.717, 1.165) is 32.7 Å². The van der Waals surface area contributed by atoms with E-state index in [0.29, 0.717) is 11.6 Å². The number of likely N-dealkylation sites (tertiary alicyclic amines) is 1. The average molecular weight is 298 g/mol. The SMILES string of the molecule is Cn1ncc2c1CCOC2CN1CC(n2cc(C#N)cn2)C1. The Labute approximate surface area is 128 Å². The number of hydrogen-bond donors (Lipinski definition) is 0. The first kappa shape index (κ1) is 13.5. The van der Waals surface area contributed by atoms with Crippen molar-refractivity contribution < 1.29 is 4.74 Å². The summed E-state index contributed by atoms with van der Waals surface area (Å²) in [5, 5.41) is 17.4. The van der Waals surface area contributed by atoms with E-state index in [-0.39, 0.29) is 6.10 Å². The van der Waals surface area contributed by atoms with Gasteiger partial charge in [-0.25, -0.2) is 0 Å². The number of rotatable bonds is 3. The first-order valence-electron chi connectivity index (χ1n) is 7.53. The molecule has 4 rings (SSSR count). The van der Waals surface area contributed by atoms with Crippen LogP contribution in [0.15, 0.2) is 18.6 Å². The standard InChI is InChI=1S/C15H18N6O/c1-19-14-2-3-22-15(13(14)6-17-19)10-20-8-12(9-20)21-7-11(4-16)5-18-21/h5-7,12,15H,2-3,8-10H2,1H3. The second kappa shape index (κ2) is 5.23. The van der Waals surface area contributed by atoms with Crippen molar-refractivity contribution in [3.63, 3.8) is 0 Å². The molecule has 0 bridgehead atoms. The first-order valence-corrected chi connectivity index (χ1v) is 7.53. The molecular weight excluding hydrogens is 280 g/mol. The molecule has 1 atom stereocenters. The van der Waals surface area contributed by atoms with Gasteiger partial charge in [0.25, 0.3) is 0 Å². The summed E-state index contributed by atoms with van der Waals surface area (Å²) in [4.78, 5) is 2.37. The van der Waals surface area contributed by atoms with Gasteiger partial charge in [0.2, 0.25) is 0 Å². The Bertz CT molecular complexity index is 721. The zero-order valence-corrected chi connectivity index (χ0v) is 12.5. The molecule has 1 unspecified atom stereocenters. The third-order valence-corrected chi connectivity index (χ3v) is 4.57. The Kier molecular flexibility index (Phi) is 3.21. The maximum atomic E-state index is 8.85. The van der Waals surface area contributed by atoms with Gasteiger partial charge in [-0.2, -0.15) is 15.5 Å². The van der Waals surface area contributed by atoms with Crippen LogP contribution in [0.5, 0.6) is 0 Å². The minimum atomic E-state index is 0.116. The molecule has 2 aromatic heterocycles. The van der Waals surface area contributed by atoms with Gasteiger partial charge in [0.1, 0.15) is 6.07 Å². The zero-order valence-electron chi connectivity index (χ0n) is 12.5. The van der Waals surface area contributed by atoms with Crippen LogP contribution >= 0.6 is 0 Å². The molecule has 0 saturated carbocycles. The highest BCUT2D eigenvalue weighted by Crippen LogP contribution is 2.30. The molecule has 0 radical (unpaired) electrons. The molecule has 4 heterocycles. The van der Waals surface area contributed by atoms with Crippen molar-refractivity contribution in [1.82, 2.24) is 24.5 Å². The van der Waals surface area contributed by atoms with E-state index in [2.05, 4.69) is 21.2 Å². The van der Waals surface area contributed by atoms with E-state index in [4.69, 9.17) is 10.00 Å². The molecule has 2 aliphatic heterocycles. The molecule has 1 fully saturated rings. The fraction of sp³-hybridized carbons (Fsp3) is 0.533. The summed E-state index contributed by atoms with van der Waals surface area (Å²) in [5.41, 5.74) is 3.14. The molecule has 114 valence electrons. The molecule has 22 heavy (non-hydrogen) atoms. The first-order chi connectivity index (χ1) is 10.7. The van der Waals surface area contributed by atoms with Gasteiger partial charge in [0.15, 0.2) is 0 Å². The number of nitriles is 1. The second-order valence-electron chi connectivity index (χ2n) is 5.97. The van der Waals surface area contributed by atoms with E-state index in [1.807, 2.05) is 28.8 Å². The molecule has 0 aliphatic carbocycles. The largest absolute Gasteiger partial charge is 0.372 e. The summed E-state index contributed by atoms with van der Waals surface area (Å²) < 4.78 is 9.78. The van der Waals surface area contributed by atoms with Gasteiger partial charge >= 0.3 is 0 Å². The Balaban J connectivity index is 1.38. The summed E-state index contributed by atoms with van der Waals surface area (Å²) in [6.07, 6.45) is 6.43. The highest BCUT2D eigenvalue weighted by atomic mass is 16.5. The van der Waals surface area contributed by atoms with Crippen LogP contribution in [0.4, 0.5) is 0 Å². The Hall–Kier alpha value is -2.17. The Morgan fingerprint density at radius 1 is 1.36 bits per heavy atom. The van der Waals surface area contributed by atoms with Crippen LogP contribution in [0.2, 0.25) is 0 Å². The lowest BCUT2D eigenvalue weighted by Crippen LogP contribution is -2.49. The molecule has 0 aromatic carbocycles. The van der Waals surface area contributed by atoms with Crippen LogP contribution in [0.25, 0.3) is 0 Å². The maximum Gasteiger partial charge on any atom is 0.102 e. The van der Waals surface area contributed by atoms with Crippen molar-refractivity contribution in [2.24, 2.45) is 7.05 Å². The van der Waals surface area contributed by atoms with Crippen molar-refractivity contribution in [1.29, 1.82) is 5.26 Å². The van der Waals surface area contributed by atoms with Crippen molar-refractivity contribution in [2.75, 3.05) is 26.2 Å². The van der Waals surface area contributed by atoms with Crippen molar-refractivity contribution in [3.8, 4) is 6.07 Å². The second-order valence-corrected chi connectivity index (χ2v) is 5.97. The summed E-state index contributed by atoms with van der Waals surface area (Å²) in [7, 11) is 1.99. The van der Waals surface area contributed by atoms with E-state index in [1.54, 1.807) is 6.20 Å². The summed E-state index contributed by atoms with van der Waals surface area (Å²) in [5.74, 6) is 0. The summed E-state index contributed by atoms with van der Waals surface area (Å²) in [6, 6.07) is 2.47. The minimum Gasteiger partial charge on any atom is -0.372 e. The lowest BCUT2D eigenvalue weighted by Gasteiger charge is -2.41. The molecular formula is C15H18N6O. The minimum absolute atomic E-state index is 0.116. The smallest absolute Gasteiger partial charge is 0.102 e. The van der Waals surface area contributed by atoms with Gasteiger partial charge in [-0.15, -0.1) is 0 Å². The Morgan fingerprint density at radius 2 is 2.23 bits per heavy atom. The van der Waals surface area contributed by atoms with Crippen LogP contribution in [0.1, 0.15) is 29.0 Å². The van der Waals surface area contributed by atoms with Crippen molar-refractivity contribution in [2.45, 2.75) is 18.6 Å². The third kappa shape index (κ3) is 2.21. The molecule has 0 spiro atoms. The van der Waals surface area contributed by atoms with Crippen LogP contribution in [-0.4, -0.2) is 50.7 Å². The van der Waals surface area contributed by atoms with Crippen molar-refractivity contribution >= 4 is 0 Å². The van der Waals surface area contributed by atoms with Gasteiger partial charge in [-0.3, -0.25) is 14.3 Å². The van der Waals surface area contributed by atoms with E-state index in [1.165, 1.54) is 11.3 Å². The molecule has 1 saturated heterocycles. The van der Waals surface area contributed by atoms with Gasteiger partial charge in [-0.05, 0) is 0 Å². The average Bonchev–Trinajstić information content (AvgIpc) is 3.10. The number of ether oxygens (including phenoxy) is 1. The monoisotopic (exact) mass is 298 g/mol. The normalized spacial score (nSPS) is 22.1. The quantitative estimate of drug-likeness (QED) is 0.832. The molecule has 2 aromatic rings. The topological polar surface area (TPSA) is 71.9 Å². The molecule has 0 amide bonds. The summed E-state index contributed by atoms with van der Waals surface area (Å²) >= 11 is 0. The Morgan fingerprint density at radius 3 is 3.00 bits per heavy atom. The number of hydrogen-bond acceptors (Lipinski definition) is 5. The number of aryl methyl sites for hydroxylation is 1.